The molecule has 3 N–H and O–H groups in total. The van der Waals surface area contributed by atoms with Crippen molar-refractivity contribution in [2.24, 2.45) is 0 Å². The monoisotopic (exact) mass is 546 g/mol. The molecule has 3 rings (SSSR count). The number of halogens is 3. The summed E-state index contributed by atoms with van der Waals surface area (Å²) in [7, 11) is 1.48. The molecule has 12 heteroatoms. The van der Waals surface area contributed by atoms with E-state index >= 15 is 0 Å². The largest absolute Gasteiger partial charge is 0.457 e. The van der Waals surface area contributed by atoms with E-state index in [4.69, 9.17) is 9.47 Å². The highest BCUT2D eigenvalue weighted by Crippen LogP contribution is 2.39. The first-order valence-corrected chi connectivity index (χ1v) is 11.9. The standard InChI is InChI=1S/C27H29F3N4O5/c1-17(35)19-6-9-23(22(12-19)27(28,29)30)39-21-7-4-18(5-8-21)13-33-25(37)26(2,10-11-38-3)34-24(36)20-14-31-16-32-15-20/h4-9,12,14-17,35H,10-11,13H2,1-3H3,(H,33,37)(H,34,36). The first kappa shape index (κ1) is 29.5. The van der Waals surface area contributed by atoms with Crippen LogP contribution in [0.5, 0.6) is 11.5 Å². The average molecular weight is 547 g/mol. The van der Waals surface area contributed by atoms with E-state index in [1.807, 2.05) is 0 Å². The number of aliphatic hydroxyl groups excluding tert-OH is 1. The maximum atomic E-state index is 13.5. The molecule has 0 aliphatic carbocycles. The number of amides is 2. The van der Waals surface area contributed by atoms with E-state index in [-0.39, 0.29) is 36.4 Å². The minimum absolute atomic E-state index is 0.0862. The number of methoxy groups -OCH3 is 1. The van der Waals surface area contributed by atoms with Crippen molar-refractivity contribution >= 4 is 11.8 Å². The lowest BCUT2D eigenvalue weighted by Crippen LogP contribution is -2.57. The van der Waals surface area contributed by atoms with E-state index in [2.05, 4.69) is 20.6 Å². The van der Waals surface area contributed by atoms with Crippen LogP contribution in [0.25, 0.3) is 0 Å². The highest BCUT2D eigenvalue weighted by molar-refractivity contribution is 5.98. The number of carbonyl (C=O) groups excluding carboxylic acids is 2. The number of hydrogen-bond donors (Lipinski definition) is 3. The van der Waals surface area contributed by atoms with Gasteiger partial charge in [-0.15, -0.1) is 0 Å². The lowest BCUT2D eigenvalue weighted by Gasteiger charge is -2.29. The summed E-state index contributed by atoms with van der Waals surface area (Å²) in [6, 6.07) is 9.53. The van der Waals surface area contributed by atoms with Gasteiger partial charge < -0.3 is 25.2 Å². The molecule has 39 heavy (non-hydrogen) atoms. The third-order valence-corrected chi connectivity index (χ3v) is 5.92. The minimum Gasteiger partial charge on any atom is -0.457 e. The van der Waals surface area contributed by atoms with Crippen LogP contribution in [-0.2, 0) is 22.3 Å². The zero-order chi connectivity index (χ0) is 28.6. The molecule has 0 fully saturated rings. The summed E-state index contributed by atoms with van der Waals surface area (Å²) >= 11 is 0. The number of hydrogen-bond acceptors (Lipinski definition) is 7. The van der Waals surface area contributed by atoms with E-state index in [0.29, 0.717) is 5.56 Å². The Hall–Kier alpha value is -4.03. The number of benzene rings is 2. The number of nitrogens with zero attached hydrogens (tertiary/aromatic N) is 2. The molecule has 0 bridgehead atoms. The molecule has 2 amide bonds. The van der Waals surface area contributed by atoms with Crippen molar-refractivity contribution in [1.82, 2.24) is 20.6 Å². The average Bonchev–Trinajstić information content (AvgIpc) is 2.91. The third-order valence-electron chi connectivity index (χ3n) is 5.92. The fraction of sp³-hybridized carbons (Fsp3) is 0.333. The highest BCUT2D eigenvalue weighted by Gasteiger charge is 2.36. The van der Waals surface area contributed by atoms with Gasteiger partial charge in [0.1, 0.15) is 23.4 Å². The molecule has 0 aliphatic heterocycles. The molecule has 2 unspecified atom stereocenters. The van der Waals surface area contributed by atoms with E-state index in [1.165, 1.54) is 51.0 Å². The van der Waals surface area contributed by atoms with Gasteiger partial charge in [-0.2, -0.15) is 13.2 Å². The molecule has 0 saturated heterocycles. The normalized spacial score (nSPS) is 13.7. The van der Waals surface area contributed by atoms with Crippen molar-refractivity contribution < 1.29 is 37.3 Å². The molecular formula is C27H29F3N4O5. The van der Waals surface area contributed by atoms with Gasteiger partial charge in [0.05, 0.1) is 17.2 Å². The summed E-state index contributed by atoms with van der Waals surface area (Å²) in [5.74, 6) is -1.23. The molecule has 0 saturated carbocycles. The fourth-order valence-corrected chi connectivity index (χ4v) is 3.58. The smallest absolute Gasteiger partial charge is 0.419 e. The Morgan fingerprint density at radius 3 is 2.33 bits per heavy atom. The summed E-state index contributed by atoms with van der Waals surface area (Å²) in [5, 5.41) is 15.1. The second-order valence-corrected chi connectivity index (χ2v) is 9.01. The Balaban J connectivity index is 1.68. The van der Waals surface area contributed by atoms with Gasteiger partial charge in [-0.3, -0.25) is 9.59 Å². The molecule has 2 aromatic carbocycles. The van der Waals surface area contributed by atoms with E-state index < -0.39 is 40.9 Å². The highest BCUT2D eigenvalue weighted by atomic mass is 19.4. The van der Waals surface area contributed by atoms with Crippen LogP contribution in [0.1, 0.15) is 53.4 Å². The van der Waals surface area contributed by atoms with E-state index in [0.717, 1.165) is 12.1 Å². The zero-order valence-electron chi connectivity index (χ0n) is 21.6. The molecule has 9 nitrogen and oxygen atoms in total. The number of nitrogens with one attached hydrogen (secondary N) is 2. The molecule has 0 aliphatic rings. The Kier molecular flexibility index (Phi) is 9.60. The van der Waals surface area contributed by atoms with E-state index in [1.54, 1.807) is 19.1 Å². The van der Waals surface area contributed by atoms with Crippen LogP contribution >= 0.6 is 0 Å². The second-order valence-electron chi connectivity index (χ2n) is 9.01. The summed E-state index contributed by atoms with van der Waals surface area (Å²) < 4.78 is 51.2. The van der Waals surface area contributed by atoms with Crippen LogP contribution < -0.4 is 15.4 Å². The lowest BCUT2D eigenvalue weighted by molar-refractivity contribution is -0.138. The van der Waals surface area contributed by atoms with Crippen molar-refractivity contribution in [3.05, 3.63) is 83.4 Å². The van der Waals surface area contributed by atoms with Gasteiger partial charge in [0, 0.05) is 39.1 Å². The maximum Gasteiger partial charge on any atom is 0.419 e. The number of aliphatic hydroxyl groups is 1. The van der Waals surface area contributed by atoms with Crippen LogP contribution in [0.15, 0.2) is 61.2 Å². The minimum atomic E-state index is -4.68. The van der Waals surface area contributed by atoms with Crippen molar-refractivity contribution in [2.45, 2.75) is 44.6 Å². The van der Waals surface area contributed by atoms with Gasteiger partial charge in [-0.05, 0) is 49.2 Å². The predicted molar refractivity (Wildman–Crippen MR) is 135 cm³/mol. The van der Waals surface area contributed by atoms with Gasteiger partial charge in [-0.25, -0.2) is 9.97 Å². The van der Waals surface area contributed by atoms with Gasteiger partial charge >= 0.3 is 6.18 Å². The first-order chi connectivity index (χ1) is 18.4. The third kappa shape index (κ3) is 7.98. The number of alkyl halides is 3. The Morgan fingerprint density at radius 2 is 1.74 bits per heavy atom. The molecule has 0 spiro atoms. The van der Waals surface area contributed by atoms with Crippen LogP contribution in [0.4, 0.5) is 13.2 Å². The second kappa shape index (κ2) is 12.7. The first-order valence-electron chi connectivity index (χ1n) is 11.9. The lowest BCUT2D eigenvalue weighted by atomic mass is 9.96. The predicted octanol–water partition coefficient (Wildman–Crippen LogP) is 4.18. The van der Waals surface area contributed by atoms with Gasteiger partial charge in [0.15, 0.2) is 0 Å². The van der Waals surface area contributed by atoms with Crippen molar-refractivity contribution in [3.8, 4) is 11.5 Å². The SMILES string of the molecule is COCCC(C)(NC(=O)c1cncnc1)C(=O)NCc1ccc(Oc2ccc(C(C)O)cc2C(F)(F)F)cc1. The molecule has 2 atom stereocenters. The number of ether oxygens (including phenoxy) is 2. The Morgan fingerprint density at radius 1 is 1.08 bits per heavy atom. The summed E-state index contributed by atoms with van der Waals surface area (Å²) in [6.45, 7) is 3.24. The zero-order valence-corrected chi connectivity index (χ0v) is 21.6. The van der Waals surface area contributed by atoms with Gasteiger partial charge in [0.2, 0.25) is 5.91 Å². The van der Waals surface area contributed by atoms with E-state index in [9.17, 15) is 27.9 Å². The topological polar surface area (TPSA) is 123 Å². The summed E-state index contributed by atoms with van der Waals surface area (Å²) in [5.41, 5.74) is -1.35. The molecule has 1 heterocycles. The quantitative estimate of drug-likeness (QED) is 0.330. The maximum absolute atomic E-state index is 13.5. The number of rotatable bonds is 11. The summed E-state index contributed by atoms with van der Waals surface area (Å²) in [4.78, 5) is 33.3. The fourth-order valence-electron chi connectivity index (χ4n) is 3.58. The van der Waals surface area contributed by atoms with Gasteiger partial charge in [-0.1, -0.05) is 18.2 Å². The molecule has 1 aromatic heterocycles. The van der Waals surface area contributed by atoms with Gasteiger partial charge in [0.25, 0.3) is 5.91 Å². The molecule has 208 valence electrons. The molecule has 0 radical (unpaired) electrons. The van der Waals surface area contributed by atoms with Crippen molar-refractivity contribution in [3.63, 3.8) is 0 Å². The summed E-state index contributed by atoms with van der Waals surface area (Å²) in [6.07, 6.45) is -1.60. The van der Waals surface area contributed by atoms with Crippen LogP contribution in [0.3, 0.4) is 0 Å². The van der Waals surface area contributed by atoms with Crippen LogP contribution in [-0.4, -0.2) is 46.1 Å². The Bertz CT molecular complexity index is 1270. The van der Waals surface area contributed by atoms with Crippen LogP contribution in [0, 0.1) is 0 Å². The Labute approximate surface area is 223 Å². The van der Waals surface area contributed by atoms with Crippen molar-refractivity contribution in [2.75, 3.05) is 13.7 Å². The molecule has 3 aromatic rings. The van der Waals surface area contributed by atoms with Crippen molar-refractivity contribution in [1.29, 1.82) is 0 Å². The molecular weight excluding hydrogens is 517 g/mol. The van der Waals surface area contributed by atoms with Crippen LogP contribution in [0.2, 0.25) is 0 Å². The number of carbonyl (C=O) groups is 2. The number of aromatic nitrogens is 2.